The molecule has 3 aromatic heterocycles. The van der Waals surface area contributed by atoms with Gasteiger partial charge in [0.05, 0.1) is 0 Å². The fourth-order valence-corrected chi connectivity index (χ4v) is 4.69. The predicted octanol–water partition coefficient (Wildman–Crippen LogP) is 2.01. The predicted molar refractivity (Wildman–Crippen MR) is 112 cm³/mol. The van der Waals surface area contributed by atoms with Crippen LogP contribution >= 0.6 is 34.7 Å². The summed E-state index contributed by atoms with van der Waals surface area (Å²) in [7, 11) is 0. The Balaban J connectivity index is 1.98. The molecule has 0 bridgehead atoms. The summed E-state index contributed by atoms with van der Waals surface area (Å²) < 4.78 is 0. The molecule has 0 spiro atoms. The van der Waals surface area contributed by atoms with Gasteiger partial charge in [0.25, 0.3) is 0 Å². The van der Waals surface area contributed by atoms with E-state index in [2.05, 4.69) is 19.9 Å². The molecule has 146 valence electrons. The standard InChI is InChI=1S/C17H19BN4O3S3/c1-10-13(3-2-4-19-10)27-14-7-11(26-6-5-23)8-20-16(14)22-17-21-15(18-28-17)12(25)9-24/h2-4,7-8,12,23-25H,5-6,9H2,1H3,(H,20,21,22). The summed E-state index contributed by atoms with van der Waals surface area (Å²) in [5, 5.41) is 27.9. The van der Waals surface area contributed by atoms with Crippen LogP contribution in [-0.4, -0.2) is 55.4 Å². The van der Waals surface area contributed by atoms with Gasteiger partial charge in [0, 0.05) is 0 Å². The van der Waals surface area contributed by atoms with Crippen LogP contribution in [0.25, 0.3) is 0 Å². The summed E-state index contributed by atoms with van der Waals surface area (Å²) in [6, 6.07) is 5.89. The van der Waals surface area contributed by atoms with Gasteiger partial charge >= 0.3 is 175 Å². The van der Waals surface area contributed by atoms with E-state index in [0.29, 0.717) is 22.0 Å². The Bertz CT molecular complexity index is 996. The summed E-state index contributed by atoms with van der Waals surface area (Å²) in [5.41, 5.74) is 1.43. The number of aromatic amines is 1. The Morgan fingerprint density at radius 3 is 2.93 bits per heavy atom. The average Bonchev–Trinajstić information content (AvgIpc) is 3.17. The van der Waals surface area contributed by atoms with Gasteiger partial charge < -0.3 is 0 Å². The van der Waals surface area contributed by atoms with Gasteiger partial charge in [-0.2, -0.15) is 0 Å². The Kier molecular flexibility index (Phi) is 7.83. The van der Waals surface area contributed by atoms with Gasteiger partial charge in [0.1, 0.15) is 0 Å². The zero-order valence-corrected chi connectivity index (χ0v) is 17.5. The molecule has 0 saturated carbocycles. The number of aryl methyl sites for hydroxylation is 1. The third kappa shape index (κ3) is 5.52. The molecule has 1 unspecified atom stereocenters. The molecule has 3 aromatic rings. The van der Waals surface area contributed by atoms with Crippen molar-refractivity contribution >= 4 is 46.7 Å². The van der Waals surface area contributed by atoms with E-state index in [4.69, 9.17) is 10.2 Å². The molecule has 0 aliphatic heterocycles. The topological polar surface area (TPSA) is 115 Å². The van der Waals surface area contributed by atoms with Crippen molar-refractivity contribution in [1.29, 1.82) is 0 Å². The Hall–Kier alpha value is -1.50. The number of thioether (sulfide) groups is 1. The van der Waals surface area contributed by atoms with Crippen LogP contribution < -0.4 is 4.80 Å². The van der Waals surface area contributed by atoms with Crippen LogP contribution in [0.3, 0.4) is 0 Å². The van der Waals surface area contributed by atoms with Crippen LogP contribution in [0.2, 0.25) is 0 Å². The molecule has 0 fully saturated rings. The minimum atomic E-state index is -0.961. The van der Waals surface area contributed by atoms with E-state index in [1.807, 2.05) is 25.1 Å². The molecule has 1 atom stereocenters. The quantitative estimate of drug-likeness (QED) is 0.401. The number of nitrogens with zero attached hydrogens (tertiary/aromatic N) is 3. The molecule has 0 amide bonds. The van der Waals surface area contributed by atoms with Crippen LogP contribution in [0, 0.1) is 6.92 Å². The SMILES string of the molecule is Cc1ncccc1Sc1cc(SCCO)cnc1/N=c1/[nH]c(C(O)CO)bs1. The first-order valence-corrected chi connectivity index (χ1v) is 11.1. The van der Waals surface area contributed by atoms with Crippen LogP contribution in [-0.2, 0) is 0 Å². The normalized spacial score (nSPS) is 12.9. The molecule has 11 heteroatoms. The second-order valence-electron chi connectivity index (χ2n) is 5.69. The number of hydrogen-bond acceptors (Lipinski definition) is 9. The fraction of sp³-hybridized carbons (Fsp3) is 0.294. The first-order valence-electron chi connectivity index (χ1n) is 8.45. The first kappa shape index (κ1) is 21.2. The molecule has 0 aliphatic carbocycles. The number of aliphatic hydroxyl groups is 3. The zero-order chi connectivity index (χ0) is 19.9. The van der Waals surface area contributed by atoms with Gasteiger partial charge in [-0.05, 0) is 0 Å². The van der Waals surface area contributed by atoms with Crippen molar-refractivity contribution < 1.29 is 15.3 Å². The molecule has 0 saturated heterocycles. The van der Waals surface area contributed by atoms with Crippen LogP contribution in [0.1, 0.15) is 17.4 Å². The molecule has 3 rings (SSSR count). The Morgan fingerprint density at radius 2 is 2.18 bits per heavy atom. The number of aromatic nitrogens is 3. The van der Waals surface area contributed by atoms with Crippen molar-refractivity contribution in [1.82, 2.24) is 15.0 Å². The Morgan fingerprint density at radius 1 is 1.32 bits per heavy atom. The van der Waals surface area contributed by atoms with Crippen molar-refractivity contribution in [2.45, 2.75) is 27.7 Å². The first-order chi connectivity index (χ1) is 13.6. The number of rotatable bonds is 8. The van der Waals surface area contributed by atoms with Crippen LogP contribution in [0.15, 0.2) is 50.3 Å². The van der Waals surface area contributed by atoms with Gasteiger partial charge in [-0.1, -0.05) is 0 Å². The molecular formula is C17H19BN4O3S3. The maximum atomic E-state index is 9.74. The molecule has 0 aromatic carbocycles. The second-order valence-corrected chi connectivity index (χ2v) is 8.80. The minimum absolute atomic E-state index is 0.0983. The Labute approximate surface area is 175 Å². The van der Waals surface area contributed by atoms with Gasteiger partial charge in [0.15, 0.2) is 0 Å². The second kappa shape index (κ2) is 10.3. The van der Waals surface area contributed by atoms with Crippen molar-refractivity contribution in [3.8, 4) is 0 Å². The third-order valence-corrected chi connectivity index (χ3v) is 6.54. The number of nitrogens with one attached hydrogen (secondary N) is 1. The van der Waals surface area contributed by atoms with Crippen LogP contribution in [0.5, 0.6) is 0 Å². The molecule has 3 heterocycles. The molecular weight excluding hydrogens is 415 g/mol. The molecule has 0 radical (unpaired) electrons. The molecule has 0 aliphatic rings. The maximum absolute atomic E-state index is 9.74. The van der Waals surface area contributed by atoms with Crippen molar-refractivity contribution in [3.05, 3.63) is 46.7 Å². The van der Waals surface area contributed by atoms with E-state index >= 15 is 0 Å². The number of hydrogen-bond donors (Lipinski definition) is 4. The van der Waals surface area contributed by atoms with Gasteiger partial charge in [-0.25, -0.2) is 0 Å². The summed E-state index contributed by atoms with van der Waals surface area (Å²) in [6.45, 7) is 1.69. The van der Waals surface area contributed by atoms with Gasteiger partial charge in [-0.15, -0.1) is 0 Å². The van der Waals surface area contributed by atoms with E-state index in [9.17, 15) is 5.11 Å². The van der Waals surface area contributed by atoms with E-state index in [-0.39, 0.29) is 13.2 Å². The zero-order valence-electron chi connectivity index (χ0n) is 15.1. The van der Waals surface area contributed by atoms with E-state index < -0.39 is 6.10 Å². The van der Waals surface area contributed by atoms with Gasteiger partial charge in [0.2, 0.25) is 0 Å². The summed E-state index contributed by atoms with van der Waals surface area (Å²) >= 11 is 4.39. The molecule has 28 heavy (non-hydrogen) atoms. The van der Waals surface area contributed by atoms with E-state index in [0.717, 1.165) is 20.4 Å². The number of aliphatic hydroxyl groups excluding tert-OH is 3. The van der Waals surface area contributed by atoms with Gasteiger partial charge in [-0.3, -0.25) is 0 Å². The number of pyridine rings is 2. The summed E-state index contributed by atoms with van der Waals surface area (Å²) in [6.07, 6.45) is 4.25. The van der Waals surface area contributed by atoms with E-state index in [1.54, 1.807) is 18.6 Å². The number of H-pyrrole nitrogens is 1. The monoisotopic (exact) mass is 434 g/mol. The summed E-state index contributed by atoms with van der Waals surface area (Å²) in [4.78, 5) is 19.8. The van der Waals surface area contributed by atoms with Crippen LogP contribution in [0.4, 0.5) is 5.82 Å². The van der Waals surface area contributed by atoms with E-state index in [1.165, 1.54) is 34.7 Å². The average molecular weight is 434 g/mol. The molecule has 7 nitrogen and oxygen atoms in total. The van der Waals surface area contributed by atoms with Crippen molar-refractivity contribution in [2.24, 2.45) is 4.99 Å². The van der Waals surface area contributed by atoms with Crippen molar-refractivity contribution in [3.63, 3.8) is 0 Å². The summed E-state index contributed by atoms with van der Waals surface area (Å²) in [5.74, 6) is 1.14. The van der Waals surface area contributed by atoms with Crippen molar-refractivity contribution in [2.75, 3.05) is 19.0 Å². The fourth-order valence-electron chi connectivity index (χ4n) is 2.23. The molecule has 4 N–H and O–H groups in total. The third-order valence-electron chi connectivity index (χ3n) is 3.63.